The molecule has 0 unspecified atom stereocenters. The van der Waals surface area contributed by atoms with Gasteiger partial charge in [-0.05, 0) is 82.4 Å². The second-order valence-electron chi connectivity index (χ2n) is 14.0. The average Bonchev–Trinajstić information content (AvgIpc) is 3.09. The van der Waals surface area contributed by atoms with Crippen molar-refractivity contribution in [2.45, 2.75) is 116 Å². The zero-order chi connectivity index (χ0) is 35.3. The van der Waals surface area contributed by atoms with Crippen LogP contribution >= 0.6 is 0 Å². The Morgan fingerprint density at radius 3 is 2.45 bits per heavy atom. The normalized spacial score (nSPS) is 29.3. The van der Waals surface area contributed by atoms with Gasteiger partial charge in [0.15, 0.2) is 6.10 Å². The van der Waals surface area contributed by atoms with E-state index in [-0.39, 0.29) is 23.9 Å². The van der Waals surface area contributed by atoms with E-state index in [4.69, 9.17) is 14.5 Å². The van der Waals surface area contributed by atoms with Gasteiger partial charge in [-0.25, -0.2) is 5.43 Å². The molecule has 49 heavy (non-hydrogen) atoms. The predicted octanol–water partition coefficient (Wildman–Crippen LogP) is 4.28. The molecule has 5 bridgehead atoms. The van der Waals surface area contributed by atoms with Gasteiger partial charge in [-0.3, -0.25) is 34.0 Å². The lowest BCUT2D eigenvalue weighted by atomic mass is 9.72. The van der Waals surface area contributed by atoms with Crippen molar-refractivity contribution >= 4 is 46.6 Å². The molecule has 2 fully saturated rings. The van der Waals surface area contributed by atoms with Gasteiger partial charge in [-0.1, -0.05) is 51.1 Å². The number of benzene rings is 1. The van der Waals surface area contributed by atoms with Crippen LogP contribution in [0.4, 0.5) is 0 Å². The highest BCUT2D eigenvalue weighted by atomic mass is 16.6. The molecule has 1 saturated carbocycles. The molecule has 0 radical (unpaired) electrons. The quantitative estimate of drug-likeness (QED) is 0.403. The fourth-order valence-corrected chi connectivity index (χ4v) is 6.70. The Labute approximate surface area is 287 Å². The van der Waals surface area contributed by atoms with Crippen LogP contribution in [0, 0.1) is 11.3 Å². The molecule has 1 aliphatic carbocycles. The molecule has 3 aliphatic rings. The lowest BCUT2D eigenvalue weighted by molar-refractivity contribution is -0.170. The number of rotatable bonds is 4. The van der Waals surface area contributed by atoms with Crippen LogP contribution in [0.15, 0.2) is 36.4 Å². The van der Waals surface area contributed by atoms with Crippen molar-refractivity contribution in [2.24, 2.45) is 11.3 Å². The number of carbonyl (C=O) groups is 5. The minimum absolute atomic E-state index is 0.249. The van der Waals surface area contributed by atoms with Crippen LogP contribution in [0.3, 0.4) is 0 Å². The predicted molar refractivity (Wildman–Crippen MR) is 183 cm³/mol. The number of hydrazine groups is 1. The molecule has 3 heterocycles. The Morgan fingerprint density at radius 2 is 1.73 bits per heavy atom. The van der Waals surface area contributed by atoms with E-state index in [1.807, 2.05) is 56.3 Å². The Bertz CT molecular complexity index is 1600. The van der Waals surface area contributed by atoms with E-state index in [0.717, 1.165) is 16.5 Å². The highest BCUT2D eigenvalue weighted by Crippen LogP contribution is 2.41. The minimum Gasteiger partial charge on any atom is -0.462 e. The van der Waals surface area contributed by atoms with Crippen molar-refractivity contribution in [2.75, 3.05) is 6.54 Å². The monoisotopic (exact) mass is 675 g/mol. The summed E-state index contributed by atoms with van der Waals surface area (Å²) < 4.78 is 11.7. The molecule has 1 aromatic carbocycles. The summed E-state index contributed by atoms with van der Waals surface area (Å²) in [5.41, 5.74) is 4.20. The number of cyclic esters (lactones) is 1. The van der Waals surface area contributed by atoms with Crippen molar-refractivity contribution in [1.82, 2.24) is 26.1 Å². The first-order valence-corrected chi connectivity index (χ1v) is 17.6. The molecule has 1 saturated heterocycles. The van der Waals surface area contributed by atoms with Crippen LogP contribution in [0.2, 0.25) is 0 Å². The molecule has 2 aromatic rings. The zero-order valence-electron chi connectivity index (χ0n) is 29.1. The standard InChI is InChI=1S/C37H49N5O7/c1-6-8-31(43)48-27-15-18-37(19-16-27)17-14-25-10-11-26-12-13-28(40-30(26)21-25)23(4)38-33(44)29-9-7-20-42(41-29)35(46)24(5)39-34(45)32(22(2)3)49-36(37)47/h10-14,17,21-24,27,29,32,41H,6-9,15-16,18-20H2,1-5H3,(H,38,44)(H,39,45)/b17-14-/t23-,24+,27?,29+,32+,37?/m1/s1. The van der Waals surface area contributed by atoms with Crippen molar-refractivity contribution < 1.29 is 33.4 Å². The molecule has 4 atom stereocenters. The molecule has 3 N–H and O–H groups in total. The van der Waals surface area contributed by atoms with Crippen LogP contribution in [-0.2, 0) is 33.4 Å². The van der Waals surface area contributed by atoms with Crippen molar-refractivity contribution in [3.8, 4) is 0 Å². The third kappa shape index (κ3) is 8.46. The number of hydrogen-bond donors (Lipinski definition) is 3. The number of aromatic nitrogens is 1. The molecule has 5 rings (SSSR count). The number of nitrogens with one attached hydrogen (secondary N) is 3. The molecular formula is C37H49N5O7. The number of esters is 2. The van der Waals surface area contributed by atoms with Gasteiger partial charge in [-0.2, -0.15) is 0 Å². The molecule has 1 spiro atoms. The van der Waals surface area contributed by atoms with Crippen LogP contribution in [0.25, 0.3) is 17.0 Å². The van der Waals surface area contributed by atoms with Gasteiger partial charge < -0.3 is 20.1 Å². The molecule has 12 nitrogen and oxygen atoms in total. The Hall–Kier alpha value is -4.32. The number of amides is 3. The van der Waals surface area contributed by atoms with Crippen molar-refractivity contribution in [1.29, 1.82) is 0 Å². The summed E-state index contributed by atoms with van der Waals surface area (Å²) >= 11 is 0. The van der Waals surface area contributed by atoms with Gasteiger partial charge in [0.25, 0.3) is 11.8 Å². The van der Waals surface area contributed by atoms with Gasteiger partial charge in [-0.15, -0.1) is 0 Å². The van der Waals surface area contributed by atoms with Crippen LogP contribution in [0.1, 0.15) is 103 Å². The maximum Gasteiger partial charge on any atom is 0.316 e. The second-order valence-corrected chi connectivity index (χ2v) is 14.0. The SMILES string of the molecule is CCCC(=O)OC1CCC2(/C=C\c3ccc4ccc(nc4c3)[C@@H](C)NC(=O)[C@@H]3CCCN(N3)C(=O)[C@H](C)NC(=O)[C@H](C(C)C)OC2=O)CC1. The number of hydrogen-bond acceptors (Lipinski definition) is 9. The van der Waals surface area contributed by atoms with Crippen molar-refractivity contribution in [3.63, 3.8) is 0 Å². The van der Waals surface area contributed by atoms with Crippen molar-refractivity contribution in [3.05, 3.63) is 47.7 Å². The summed E-state index contributed by atoms with van der Waals surface area (Å²) in [5, 5.41) is 8.07. The number of pyridine rings is 1. The Morgan fingerprint density at radius 1 is 1.02 bits per heavy atom. The summed E-state index contributed by atoms with van der Waals surface area (Å²) in [6.07, 6.45) is 6.09. The third-order valence-corrected chi connectivity index (χ3v) is 9.71. The largest absolute Gasteiger partial charge is 0.462 e. The molecule has 3 amide bonds. The smallest absolute Gasteiger partial charge is 0.316 e. The Balaban J connectivity index is 1.50. The van der Waals surface area contributed by atoms with E-state index in [9.17, 15) is 24.0 Å². The molecule has 264 valence electrons. The number of nitrogens with zero attached hydrogens (tertiary/aromatic N) is 2. The van der Waals surface area contributed by atoms with E-state index in [2.05, 4.69) is 16.1 Å². The number of fused-ring (bicyclic) bond motifs is 4. The first-order chi connectivity index (χ1) is 23.4. The molecule has 12 heteroatoms. The topological polar surface area (TPSA) is 156 Å². The maximum absolute atomic E-state index is 14.2. The Kier molecular flexibility index (Phi) is 11.4. The third-order valence-electron chi connectivity index (χ3n) is 9.71. The van der Waals surface area contributed by atoms with Gasteiger partial charge in [0, 0.05) is 18.4 Å². The maximum atomic E-state index is 14.2. The average molecular weight is 676 g/mol. The molecule has 1 aromatic heterocycles. The molecule has 2 aliphatic heterocycles. The first-order valence-electron chi connectivity index (χ1n) is 17.6. The van der Waals surface area contributed by atoms with E-state index < -0.39 is 47.4 Å². The molecular weight excluding hydrogens is 626 g/mol. The van der Waals surface area contributed by atoms with Crippen LogP contribution in [0.5, 0.6) is 0 Å². The fourth-order valence-electron chi connectivity index (χ4n) is 6.70. The zero-order valence-corrected chi connectivity index (χ0v) is 29.1. The van der Waals surface area contributed by atoms with Gasteiger partial charge in [0.2, 0.25) is 5.91 Å². The van der Waals surface area contributed by atoms with Gasteiger partial charge >= 0.3 is 11.9 Å². The van der Waals surface area contributed by atoms with Crippen LogP contribution in [-0.4, -0.2) is 70.5 Å². The van der Waals surface area contributed by atoms with E-state index in [0.29, 0.717) is 63.6 Å². The number of carbonyl (C=O) groups excluding carboxylic acids is 5. The minimum atomic E-state index is -1.15. The van der Waals surface area contributed by atoms with E-state index >= 15 is 0 Å². The van der Waals surface area contributed by atoms with Crippen LogP contribution < -0.4 is 16.1 Å². The van der Waals surface area contributed by atoms with E-state index in [1.165, 1.54) is 5.01 Å². The van der Waals surface area contributed by atoms with Gasteiger partial charge in [0.05, 0.1) is 22.7 Å². The lowest BCUT2D eigenvalue weighted by Crippen LogP contribution is -2.61. The number of ether oxygens (including phenoxy) is 2. The van der Waals surface area contributed by atoms with Gasteiger partial charge in [0.1, 0.15) is 18.2 Å². The second kappa shape index (κ2) is 15.5. The highest BCUT2D eigenvalue weighted by Gasteiger charge is 2.44. The lowest BCUT2D eigenvalue weighted by Gasteiger charge is -2.37. The summed E-state index contributed by atoms with van der Waals surface area (Å²) in [4.78, 5) is 71.6. The summed E-state index contributed by atoms with van der Waals surface area (Å²) in [6, 6.07) is 7.69. The fraction of sp³-hybridized carbons (Fsp3) is 0.568. The highest BCUT2D eigenvalue weighted by molar-refractivity contribution is 5.92. The first kappa shape index (κ1) is 36.0. The summed E-state index contributed by atoms with van der Waals surface area (Å²) in [6.45, 7) is 9.30. The summed E-state index contributed by atoms with van der Waals surface area (Å²) in [5.74, 6) is -2.41. The summed E-state index contributed by atoms with van der Waals surface area (Å²) in [7, 11) is 0. The van der Waals surface area contributed by atoms with E-state index in [1.54, 1.807) is 20.8 Å².